The second-order valence-electron chi connectivity index (χ2n) is 7.96. The number of aromatic nitrogens is 1. The van der Waals surface area contributed by atoms with Crippen molar-refractivity contribution in [1.82, 2.24) is 9.88 Å². The van der Waals surface area contributed by atoms with Crippen molar-refractivity contribution in [3.05, 3.63) is 35.0 Å². The maximum Gasteiger partial charge on any atom is 0.313 e. The smallest absolute Gasteiger partial charge is 0.313 e. The molecule has 0 radical (unpaired) electrons. The van der Waals surface area contributed by atoms with Gasteiger partial charge in [-0.15, -0.1) is 11.8 Å². The second kappa shape index (κ2) is 8.11. The molecule has 1 fully saturated rings. The van der Waals surface area contributed by atoms with E-state index < -0.39 is 5.97 Å². The van der Waals surface area contributed by atoms with E-state index in [0.29, 0.717) is 11.5 Å². The Hall–Kier alpha value is -2.08. The molecule has 5 nitrogen and oxygen atoms in total. The highest BCUT2D eigenvalue weighted by atomic mass is 32.2. The average Bonchev–Trinajstić information content (AvgIpc) is 2.70. The first kappa shape index (κ1) is 19.2. The van der Waals surface area contributed by atoms with E-state index in [1.165, 1.54) is 17.3 Å². The van der Waals surface area contributed by atoms with Crippen LogP contribution < -0.4 is 0 Å². The van der Waals surface area contributed by atoms with Crippen LogP contribution in [0.3, 0.4) is 0 Å². The third-order valence-corrected chi connectivity index (χ3v) is 7.01. The van der Waals surface area contributed by atoms with Crippen molar-refractivity contribution in [2.45, 2.75) is 50.3 Å². The third kappa shape index (κ3) is 3.88. The van der Waals surface area contributed by atoms with Crippen molar-refractivity contribution in [1.29, 1.82) is 0 Å². The van der Waals surface area contributed by atoms with Gasteiger partial charge in [0.1, 0.15) is 0 Å². The highest BCUT2D eigenvalue weighted by Crippen LogP contribution is 2.36. The van der Waals surface area contributed by atoms with Gasteiger partial charge in [-0.25, -0.2) is 0 Å². The number of benzene rings is 1. The van der Waals surface area contributed by atoms with Crippen molar-refractivity contribution in [2.75, 3.05) is 18.8 Å². The van der Waals surface area contributed by atoms with Crippen LogP contribution in [0, 0.1) is 5.92 Å². The molecule has 2 aliphatic rings. The molecule has 2 heterocycles. The molecule has 1 aliphatic heterocycles. The molecule has 148 valence electrons. The molecular weight excluding hydrogens is 372 g/mol. The molecule has 0 spiro atoms. The number of likely N-dealkylation sites (tertiary alicyclic amines) is 1. The summed E-state index contributed by atoms with van der Waals surface area (Å²) in [6, 6.07) is 5.74. The molecule has 4 rings (SSSR count). The zero-order valence-corrected chi connectivity index (χ0v) is 17.1. The summed E-state index contributed by atoms with van der Waals surface area (Å²) in [6.45, 7) is 3.87. The Kier molecular flexibility index (Phi) is 5.58. The topological polar surface area (TPSA) is 70.5 Å². The molecule has 1 N–H and O–H groups in total. The summed E-state index contributed by atoms with van der Waals surface area (Å²) in [5, 5.41) is 10.1. The van der Waals surface area contributed by atoms with E-state index in [9.17, 15) is 9.59 Å². The van der Waals surface area contributed by atoms with Gasteiger partial charge in [0.2, 0.25) is 0 Å². The minimum atomic E-state index is -0.814. The van der Waals surface area contributed by atoms with Crippen LogP contribution in [0.15, 0.2) is 23.1 Å². The Morgan fingerprint density at radius 3 is 2.71 bits per heavy atom. The molecule has 6 heteroatoms. The molecule has 0 unspecified atom stereocenters. The maximum absolute atomic E-state index is 13.0. The fourth-order valence-electron chi connectivity index (χ4n) is 4.21. The lowest BCUT2D eigenvalue weighted by Gasteiger charge is -2.30. The van der Waals surface area contributed by atoms with Crippen LogP contribution in [0.25, 0.3) is 10.9 Å². The number of amides is 1. The summed E-state index contributed by atoms with van der Waals surface area (Å²) in [6.07, 6.45) is 6.22. The zero-order valence-electron chi connectivity index (χ0n) is 16.2. The summed E-state index contributed by atoms with van der Waals surface area (Å²) in [4.78, 5) is 31.9. The highest BCUT2D eigenvalue weighted by molar-refractivity contribution is 8.00. The SMILES string of the molecule is CC1CCN(C(=O)c2ccc3c(SCC(=O)O)c4c(nc3c2)CCCC4)CC1. The number of carboxylic acids is 1. The lowest BCUT2D eigenvalue weighted by molar-refractivity contribution is -0.133. The van der Waals surface area contributed by atoms with Crippen molar-refractivity contribution in [3.8, 4) is 0 Å². The van der Waals surface area contributed by atoms with E-state index in [0.717, 1.165) is 73.1 Å². The van der Waals surface area contributed by atoms with Gasteiger partial charge in [-0.1, -0.05) is 13.0 Å². The van der Waals surface area contributed by atoms with Crippen molar-refractivity contribution >= 4 is 34.5 Å². The Balaban J connectivity index is 1.71. The van der Waals surface area contributed by atoms with E-state index in [2.05, 4.69) is 6.92 Å². The number of hydrogen-bond donors (Lipinski definition) is 1. The van der Waals surface area contributed by atoms with Gasteiger partial charge in [-0.2, -0.15) is 0 Å². The molecule has 1 aromatic carbocycles. The number of piperidine rings is 1. The van der Waals surface area contributed by atoms with Crippen LogP contribution in [0.4, 0.5) is 0 Å². The fourth-order valence-corrected chi connectivity index (χ4v) is 5.20. The third-order valence-electron chi connectivity index (χ3n) is 5.87. The number of aryl methyl sites for hydroxylation is 1. The van der Waals surface area contributed by atoms with E-state index in [1.54, 1.807) is 0 Å². The van der Waals surface area contributed by atoms with Gasteiger partial charge >= 0.3 is 5.97 Å². The van der Waals surface area contributed by atoms with E-state index in [1.807, 2.05) is 23.1 Å². The summed E-state index contributed by atoms with van der Waals surface area (Å²) in [5.74, 6) is -0.0144. The number of nitrogens with zero attached hydrogens (tertiary/aromatic N) is 2. The minimum Gasteiger partial charge on any atom is -0.481 e. The van der Waals surface area contributed by atoms with E-state index in [4.69, 9.17) is 10.1 Å². The number of carbonyl (C=O) groups excluding carboxylic acids is 1. The second-order valence-corrected chi connectivity index (χ2v) is 8.95. The predicted octanol–water partition coefficient (Wildman–Crippen LogP) is 4.16. The normalized spacial score (nSPS) is 17.5. The van der Waals surface area contributed by atoms with Crippen molar-refractivity contribution < 1.29 is 14.7 Å². The molecule has 1 amide bonds. The minimum absolute atomic E-state index is 0.0399. The molecule has 28 heavy (non-hydrogen) atoms. The molecule has 1 aromatic heterocycles. The van der Waals surface area contributed by atoms with Gasteiger partial charge in [0, 0.05) is 34.6 Å². The molecular formula is C22H26N2O3S. The van der Waals surface area contributed by atoms with Crippen molar-refractivity contribution in [2.24, 2.45) is 5.92 Å². The molecule has 0 bridgehead atoms. The number of thioether (sulfide) groups is 1. The number of carbonyl (C=O) groups is 2. The van der Waals surface area contributed by atoms with Crippen LogP contribution in [-0.4, -0.2) is 45.7 Å². The summed E-state index contributed by atoms with van der Waals surface area (Å²) < 4.78 is 0. The molecule has 2 aromatic rings. The summed E-state index contributed by atoms with van der Waals surface area (Å²) in [7, 11) is 0. The Bertz CT molecular complexity index is 920. The first-order valence-electron chi connectivity index (χ1n) is 10.1. The summed E-state index contributed by atoms with van der Waals surface area (Å²) in [5.41, 5.74) is 3.77. The van der Waals surface area contributed by atoms with Crippen LogP contribution in [0.1, 0.15) is 54.2 Å². The van der Waals surface area contributed by atoms with Crippen LogP contribution >= 0.6 is 11.8 Å². The van der Waals surface area contributed by atoms with E-state index in [-0.39, 0.29) is 11.7 Å². The first-order chi connectivity index (χ1) is 13.5. The fraction of sp³-hybridized carbons (Fsp3) is 0.500. The number of hydrogen-bond acceptors (Lipinski definition) is 4. The van der Waals surface area contributed by atoms with Gasteiger partial charge < -0.3 is 10.0 Å². The Morgan fingerprint density at radius 2 is 1.96 bits per heavy atom. The zero-order chi connectivity index (χ0) is 19.7. The van der Waals surface area contributed by atoms with Crippen LogP contribution in [0.2, 0.25) is 0 Å². The molecule has 0 atom stereocenters. The van der Waals surface area contributed by atoms with Gasteiger partial charge in [-0.05, 0) is 62.1 Å². The first-order valence-corrected chi connectivity index (χ1v) is 11.1. The van der Waals surface area contributed by atoms with Gasteiger partial charge in [-0.3, -0.25) is 14.6 Å². The summed E-state index contributed by atoms with van der Waals surface area (Å²) >= 11 is 1.38. The molecule has 0 saturated carbocycles. The quantitative estimate of drug-likeness (QED) is 0.783. The van der Waals surface area contributed by atoms with Crippen LogP contribution in [-0.2, 0) is 17.6 Å². The molecule has 1 aliphatic carbocycles. The standard InChI is InChI=1S/C22H26N2O3S/c1-14-8-10-24(11-9-14)22(27)15-6-7-17-19(12-15)23-18-5-3-2-4-16(18)21(17)28-13-20(25)26/h6-7,12,14H,2-5,8-11,13H2,1H3,(H,25,26). The van der Waals surface area contributed by atoms with Gasteiger partial charge in [0.15, 0.2) is 0 Å². The predicted molar refractivity (Wildman–Crippen MR) is 111 cm³/mol. The van der Waals surface area contributed by atoms with Crippen LogP contribution in [0.5, 0.6) is 0 Å². The number of rotatable bonds is 4. The van der Waals surface area contributed by atoms with Gasteiger partial charge in [0.25, 0.3) is 5.91 Å². The van der Waals surface area contributed by atoms with Crippen molar-refractivity contribution in [3.63, 3.8) is 0 Å². The number of pyridine rings is 1. The highest BCUT2D eigenvalue weighted by Gasteiger charge is 2.23. The largest absolute Gasteiger partial charge is 0.481 e. The van der Waals surface area contributed by atoms with E-state index >= 15 is 0 Å². The lowest BCUT2D eigenvalue weighted by Crippen LogP contribution is -2.37. The Morgan fingerprint density at radius 1 is 1.21 bits per heavy atom. The molecule has 1 saturated heterocycles. The lowest BCUT2D eigenvalue weighted by atomic mass is 9.94. The number of fused-ring (bicyclic) bond motifs is 2. The monoisotopic (exact) mass is 398 g/mol. The Labute approximate surface area is 169 Å². The number of aliphatic carboxylic acids is 1. The number of carboxylic acid groups (broad SMARTS) is 1. The average molecular weight is 399 g/mol. The van der Waals surface area contributed by atoms with Gasteiger partial charge in [0.05, 0.1) is 11.3 Å². The maximum atomic E-state index is 13.0.